The Morgan fingerprint density at radius 1 is 1.45 bits per heavy atom. The minimum absolute atomic E-state index is 0.0131. The Morgan fingerprint density at radius 2 is 2.25 bits per heavy atom. The maximum Gasteiger partial charge on any atom is 0.270 e. The SMILES string of the molecule is COC1Cc2ccccc2N(C(=O)c2scnc2C)C1. The van der Waals surface area contributed by atoms with Gasteiger partial charge in [-0.3, -0.25) is 4.79 Å². The summed E-state index contributed by atoms with van der Waals surface area (Å²) in [5, 5.41) is 0. The van der Waals surface area contributed by atoms with Crippen molar-refractivity contribution in [3.63, 3.8) is 0 Å². The highest BCUT2D eigenvalue weighted by molar-refractivity contribution is 7.12. The molecule has 104 valence electrons. The van der Waals surface area contributed by atoms with E-state index in [-0.39, 0.29) is 12.0 Å². The van der Waals surface area contributed by atoms with Crippen molar-refractivity contribution in [2.75, 3.05) is 18.6 Å². The number of aromatic nitrogens is 1. The summed E-state index contributed by atoms with van der Waals surface area (Å²) in [5.74, 6) is 0.0131. The van der Waals surface area contributed by atoms with Crippen LogP contribution in [0.2, 0.25) is 0 Å². The average molecular weight is 288 g/mol. The van der Waals surface area contributed by atoms with Gasteiger partial charge in [-0.05, 0) is 18.6 Å². The first-order valence-electron chi connectivity index (χ1n) is 6.53. The highest BCUT2D eigenvalue weighted by atomic mass is 32.1. The van der Waals surface area contributed by atoms with E-state index in [0.29, 0.717) is 11.4 Å². The van der Waals surface area contributed by atoms with E-state index >= 15 is 0 Å². The summed E-state index contributed by atoms with van der Waals surface area (Å²) >= 11 is 1.39. The number of carbonyl (C=O) groups is 1. The lowest BCUT2D eigenvalue weighted by Crippen LogP contribution is -2.43. The van der Waals surface area contributed by atoms with E-state index in [1.165, 1.54) is 11.3 Å². The number of amides is 1. The number of fused-ring (bicyclic) bond motifs is 1. The summed E-state index contributed by atoms with van der Waals surface area (Å²) in [6.45, 7) is 2.46. The third-order valence-electron chi connectivity index (χ3n) is 3.63. The Bertz CT molecular complexity index is 638. The molecule has 1 atom stereocenters. The van der Waals surface area contributed by atoms with E-state index in [0.717, 1.165) is 23.4 Å². The van der Waals surface area contributed by atoms with Crippen molar-refractivity contribution in [3.8, 4) is 0 Å². The molecule has 0 aliphatic carbocycles. The van der Waals surface area contributed by atoms with Gasteiger partial charge in [-0.1, -0.05) is 18.2 Å². The normalized spacial score (nSPS) is 17.9. The van der Waals surface area contributed by atoms with Crippen molar-refractivity contribution >= 4 is 22.9 Å². The van der Waals surface area contributed by atoms with Gasteiger partial charge in [-0.25, -0.2) is 4.98 Å². The van der Waals surface area contributed by atoms with E-state index in [9.17, 15) is 4.79 Å². The van der Waals surface area contributed by atoms with Crippen molar-refractivity contribution in [2.45, 2.75) is 19.4 Å². The molecular formula is C15H16N2O2S. The second-order valence-electron chi connectivity index (χ2n) is 4.87. The fraction of sp³-hybridized carbons (Fsp3) is 0.333. The van der Waals surface area contributed by atoms with Gasteiger partial charge in [-0.2, -0.15) is 0 Å². The number of carbonyl (C=O) groups excluding carboxylic acids is 1. The predicted octanol–water partition coefficient (Wildman–Crippen LogP) is 2.67. The smallest absolute Gasteiger partial charge is 0.270 e. The quantitative estimate of drug-likeness (QED) is 0.853. The number of anilines is 1. The lowest BCUT2D eigenvalue weighted by molar-refractivity contribution is 0.0872. The van der Waals surface area contributed by atoms with Crippen molar-refractivity contribution in [1.82, 2.24) is 4.98 Å². The topological polar surface area (TPSA) is 42.4 Å². The van der Waals surface area contributed by atoms with Crippen LogP contribution < -0.4 is 4.90 Å². The molecule has 3 rings (SSSR count). The molecule has 20 heavy (non-hydrogen) atoms. The molecule has 0 saturated carbocycles. The fourth-order valence-electron chi connectivity index (χ4n) is 2.54. The summed E-state index contributed by atoms with van der Waals surface area (Å²) in [4.78, 5) is 19.4. The standard InChI is InChI=1S/C15H16N2O2S/c1-10-14(20-9-16-10)15(18)17-8-12(19-2)7-11-5-3-4-6-13(11)17/h3-6,9,12H,7-8H2,1-2H3. The first-order valence-corrected chi connectivity index (χ1v) is 7.41. The second-order valence-corrected chi connectivity index (χ2v) is 5.73. The monoisotopic (exact) mass is 288 g/mol. The number of hydrogen-bond acceptors (Lipinski definition) is 4. The Balaban J connectivity index is 2.00. The van der Waals surface area contributed by atoms with Crippen LogP contribution >= 0.6 is 11.3 Å². The number of para-hydroxylation sites is 1. The highest BCUT2D eigenvalue weighted by Gasteiger charge is 2.30. The predicted molar refractivity (Wildman–Crippen MR) is 79.5 cm³/mol. The molecule has 1 amide bonds. The van der Waals surface area contributed by atoms with E-state index in [1.807, 2.05) is 30.0 Å². The number of ether oxygens (including phenoxy) is 1. The maximum atomic E-state index is 12.7. The van der Waals surface area contributed by atoms with Gasteiger partial charge in [0, 0.05) is 19.2 Å². The number of rotatable bonds is 2. The van der Waals surface area contributed by atoms with Crippen molar-refractivity contribution in [1.29, 1.82) is 0 Å². The van der Waals surface area contributed by atoms with Gasteiger partial charge in [-0.15, -0.1) is 11.3 Å². The second kappa shape index (κ2) is 5.34. The summed E-state index contributed by atoms with van der Waals surface area (Å²) in [6, 6.07) is 8.01. The van der Waals surface area contributed by atoms with Gasteiger partial charge in [0.2, 0.25) is 0 Å². The minimum atomic E-state index is 0.0131. The van der Waals surface area contributed by atoms with Crippen molar-refractivity contribution in [2.24, 2.45) is 0 Å². The zero-order chi connectivity index (χ0) is 14.1. The maximum absolute atomic E-state index is 12.7. The van der Waals surface area contributed by atoms with Crippen LogP contribution in [0, 0.1) is 6.92 Å². The number of aryl methyl sites for hydroxylation is 1. The molecule has 0 radical (unpaired) electrons. The Morgan fingerprint density at radius 3 is 2.95 bits per heavy atom. The molecule has 1 aliphatic rings. The zero-order valence-electron chi connectivity index (χ0n) is 11.5. The molecule has 1 unspecified atom stereocenters. The molecule has 2 heterocycles. The Hall–Kier alpha value is -1.72. The van der Waals surface area contributed by atoms with Gasteiger partial charge >= 0.3 is 0 Å². The first-order chi connectivity index (χ1) is 9.70. The number of methoxy groups -OCH3 is 1. The molecule has 0 bridgehead atoms. The van der Waals surface area contributed by atoms with E-state index in [4.69, 9.17) is 4.74 Å². The summed E-state index contributed by atoms with van der Waals surface area (Å²) < 4.78 is 5.47. The molecule has 0 fully saturated rings. The van der Waals surface area contributed by atoms with E-state index in [1.54, 1.807) is 12.6 Å². The van der Waals surface area contributed by atoms with Crippen molar-refractivity contribution in [3.05, 3.63) is 45.9 Å². The summed E-state index contributed by atoms with van der Waals surface area (Å²) in [5.41, 5.74) is 4.64. The van der Waals surface area contributed by atoms with Gasteiger partial charge in [0.25, 0.3) is 5.91 Å². The zero-order valence-corrected chi connectivity index (χ0v) is 12.3. The summed E-state index contributed by atoms with van der Waals surface area (Å²) in [7, 11) is 1.69. The average Bonchev–Trinajstić information content (AvgIpc) is 2.91. The molecule has 0 spiro atoms. The minimum Gasteiger partial charge on any atom is -0.379 e. The van der Waals surface area contributed by atoms with Gasteiger partial charge in [0.05, 0.1) is 23.9 Å². The van der Waals surface area contributed by atoms with E-state index in [2.05, 4.69) is 11.1 Å². The van der Waals surface area contributed by atoms with E-state index < -0.39 is 0 Å². The number of hydrogen-bond donors (Lipinski definition) is 0. The highest BCUT2D eigenvalue weighted by Crippen LogP contribution is 2.30. The van der Waals surface area contributed by atoms with Crippen LogP contribution in [0.3, 0.4) is 0 Å². The molecule has 1 aromatic carbocycles. The van der Waals surface area contributed by atoms with Gasteiger partial charge in [0.1, 0.15) is 4.88 Å². The largest absolute Gasteiger partial charge is 0.379 e. The number of thiazole rings is 1. The van der Waals surface area contributed by atoms with Crippen molar-refractivity contribution < 1.29 is 9.53 Å². The van der Waals surface area contributed by atoms with Crippen LogP contribution in [0.15, 0.2) is 29.8 Å². The fourth-order valence-corrected chi connectivity index (χ4v) is 3.29. The van der Waals surface area contributed by atoms with Crippen LogP contribution in [0.5, 0.6) is 0 Å². The van der Waals surface area contributed by atoms with Crippen LogP contribution in [-0.2, 0) is 11.2 Å². The van der Waals surface area contributed by atoms with Gasteiger partial charge in [0.15, 0.2) is 0 Å². The van der Waals surface area contributed by atoms with Crippen LogP contribution in [0.4, 0.5) is 5.69 Å². The third kappa shape index (κ3) is 2.23. The van der Waals surface area contributed by atoms with Gasteiger partial charge < -0.3 is 9.64 Å². The van der Waals surface area contributed by atoms with Crippen LogP contribution in [0.1, 0.15) is 20.9 Å². The molecule has 0 saturated heterocycles. The van der Waals surface area contributed by atoms with Crippen LogP contribution in [0.25, 0.3) is 0 Å². The Labute approximate surface area is 122 Å². The first kappa shape index (κ1) is 13.3. The lowest BCUT2D eigenvalue weighted by atomic mass is 9.99. The molecule has 1 aromatic heterocycles. The lowest BCUT2D eigenvalue weighted by Gasteiger charge is -2.33. The molecule has 4 nitrogen and oxygen atoms in total. The Kier molecular flexibility index (Phi) is 3.54. The molecule has 1 aliphatic heterocycles. The van der Waals surface area contributed by atoms with Crippen LogP contribution in [-0.4, -0.2) is 30.6 Å². The number of benzene rings is 1. The molecular weight excluding hydrogens is 272 g/mol. The molecule has 5 heteroatoms. The number of nitrogens with zero attached hydrogens (tertiary/aromatic N) is 2. The third-order valence-corrected chi connectivity index (χ3v) is 4.55. The molecule has 0 N–H and O–H groups in total. The molecule has 2 aromatic rings. The summed E-state index contributed by atoms with van der Waals surface area (Å²) in [6.07, 6.45) is 0.889.